The molecule has 39 heavy (non-hydrogen) atoms. The van der Waals surface area contributed by atoms with Crippen LogP contribution in [-0.4, -0.2) is 32.5 Å². The third-order valence-corrected chi connectivity index (χ3v) is 13.0. The summed E-state index contributed by atoms with van der Waals surface area (Å²) < 4.78 is 50.2. The molecule has 2 heterocycles. The number of piperidine rings is 1. The van der Waals surface area contributed by atoms with Crippen LogP contribution in [-0.2, 0) is 17.3 Å². The fourth-order valence-electron chi connectivity index (χ4n) is 5.36. The zero-order valence-electron chi connectivity index (χ0n) is 24.2. The van der Waals surface area contributed by atoms with Crippen molar-refractivity contribution in [3.05, 3.63) is 83.4 Å². The lowest BCUT2D eigenvalue weighted by atomic mass is 9.87. The molecule has 2 aromatic carbocycles. The van der Waals surface area contributed by atoms with Crippen LogP contribution in [0, 0.1) is 29.3 Å². The van der Waals surface area contributed by atoms with Crippen LogP contribution in [0.5, 0.6) is 0 Å². The molecule has 0 N–H and O–H groups in total. The van der Waals surface area contributed by atoms with Gasteiger partial charge in [0, 0.05) is 36.7 Å². The summed E-state index contributed by atoms with van der Waals surface area (Å²) in [7, 11) is -1.88. The van der Waals surface area contributed by atoms with Crippen LogP contribution < -0.4 is 4.90 Å². The Morgan fingerprint density at radius 1 is 0.923 bits per heavy atom. The van der Waals surface area contributed by atoms with E-state index in [1.54, 1.807) is 12.1 Å². The molecule has 0 spiro atoms. The lowest BCUT2D eigenvalue weighted by molar-refractivity contribution is 0.0627. The quantitative estimate of drug-likeness (QED) is 0.274. The molecule has 3 aromatic rings. The molecule has 210 valence electrons. The second-order valence-corrected chi connectivity index (χ2v) is 17.4. The molecule has 1 aromatic heterocycles. The summed E-state index contributed by atoms with van der Waals surface area (Å²) in [4.78, 5) is 6.81. The van der Waals surface area contributed by atoms with Gasteiger partial charge in [-0.1, -0.05) is 46.8 Å². The number of halogens is 3. The third kappa shape index (κ3) is 6.41. The minimum absolute atomic E-state index is 0.0547. The van der Waals surface area contributed by atoms with Gasteiger partial charge in [-0.25, -0.2) is 13.2 Å². The normalized spacial score (nSPS) is 20.4. The maximum Gasteiger partial charge on any atom is 0.192 e. The topological polar surface area (TPSA) is 25.4 Å². The summed E-state index contributed by atoms with van der Waals surface area (Å²) in [5.74, 6) is -1.44. The van der Waals surface area contributed by atoms with Crippen LogP contribution in [0.15, 0.2) is 54.9 Å². The maximum absolute atomic E-state index is 14.6. The van der Waals surface area contributed by atoms with E-state index in [2.05, 4.69) is 63.7 Å². The highest BCUT2D eigenvalue weighted by Gasteiger charge is 2.43. The summed E-state index contributed by atoms with van der Waals surface area (Å²) in [5, 5.41) is 0.167. The van der Waals surface area contributed by atoms with Crippen LogP contribution in [0.3, 0.4) is 0 Å². The van der Waals surface area contributed by atoms with E-state index in [0.717, 1.165) is 42.0 Å². The largest absolute Gasteiger partial charge is 0.413 e. The van der Waals surface area contributed by atoms with Gasteiger partial charge in [-0.3, -0.25) is 4.98 Å². The van der Waals surface area contributed by atoms with Gasteiger partial charge >= 0.3 is 0 Å². The molecule has 1 unspecified atom stereocenters. The summed E-state index contributed by atoms with van der Waals surface area (Å²) in [5.41, 5.74) is 2.68. The lowest BCUT2D eigenvalue weighted by Gasteiger charge is -2.48. The first-order valence-corrected chi connectivity index (χ1v) is 16.8. The van der Waals surface area contributed by atoms with Crippen molar-refractivity contribution in [2.45, 2.75) is 71.7 Å². The average Bonchev–Trinajstić information content (AvgIpc) is 2.85. The van der Waals surface area contributed by atoms with Gasteiger partial charge in [-0.15, -0.1) is 0 Å². The van der Waals surface area contributed by atoms with Crippen LogP contribution in [0.25, 0.3) is 11.1 Å². The van der Waals surface area contributed by atoms with E-state index in [1.807, 2.05) is 12.4 Å². The summed E-state index contributed by atoms with van der Waals surface area (Å²) in [6.07, 6.45) is 5.21. The number of aryl methyl sites for hydroxylation is 2. The molecule has 1 aliphatic rings. The Kier molecular flexibility index (Phi) is 8.62. The Labute approximate surface area is 232 Å². The van der Waals surface area contributed by atoms with Crippen LogP contribution in [0.1, 0.15) is 45.7 Å². The van der Waals surface area contributed by atoms with E-state index in [1.165, 1.54) is 12.1 Å². The molecule has 0 bridgehead atoms. The van der Waals surface area contributed by atoms with E-state index in [-0.39, 0.29) is 22.3 Å². The first kappa shape index (κ1) is 29.3. The molecule has 0 amide bonds. The smallest absolute Gasteiger partial charge is 0.192 e. The zero-order valence-corrected chi connectivity index (χ0v) is 25.2. The van der Waals surface area contributed by atoms with Crippen molar-refractivity contribution in [1.29, 1.82) is 0 Å². The SMILES string of the molecule is C[C@@H]1CN(c2ccncc2CCc2ccc(F)c(-c3c(F)cccc3F)c2)C[C@H](C)C1O[Si](C)(C)C(C)(C)C. The van der Waals surface area contributed by atoms with Crippen molar-refractivity contribution in [3.63, 3.8) is 0 Å². The Bertz CT molecular complexity index is 1270. The Morgan fingerprint density at radius 2 is 1.56 bits per heavy atom. The van der Waals surface area contributed by atoms with Gasteiger partial charge < -0.3 is 9.33 Å². The van der Waals surface area contributed by atoms with Crippen molar-refractivity contribution in [2.75, 3.05) is 18.0 Å². The van der Waals surface area contributed by atoms with Crippen LogP contribution in [0.2, 0.25) is 18.1 Å². The molecule has 0 saturated carbocycles. The molecule has 1 fully saturated rings. The van der Waals surface area contributed by atoms with Crippen LogP contribution >= 0.6 is 0 Å². The lowest BCUT2D eigenvalue weighted by Crippen LogP contribution is -2.54. The summed E-state index contributed by atoms with van der Waals surface area (Å²) in [6, 6.07) is 10.2. The fourth-order valence-corrected chi connectivity index (χ4v) is 6.86. The van der Waals surface area contributed by atoms with Gasteiger partial charge in [-0.05, 0) is 84.3 Å². The number of hydrogen-bond acceptors (Lipinski definition) is 3. The van der Waals surface area contributed by atoms with E-state index >= 15 is 0 Å². The van der Waals surface area contributed by atoms with Crippen molar-refractivity contribution in [3.8, 4) is 11.1 Å². The first-order chi connectivity index (χ1) is 18.3. The second-order valence-electron chi connectivity index (χ2n) is 12.6. The molecule has 0 aliphatic carbocycles. The minimum atomic E-state index is -1.88. The monoisotopic (exact) mass is 554 g/mol. The minimum Gasteiger partial charge on any atom is -0.413 e. The predicted octanol–water partition coefficient (Wildman–Crippen LogP) is 8.43. The summed E-state index contributed by atoms with van der Waals surface area (Å²) >= 11 is 0. The van der Waals surface area contributed by atoms with Gasteiger partial charge in [0.1, 0.15) is 17.5 Å². The molecular formula is C32H41F3N2OSi. The molecule has 1 saturated heterocycles. The molecule has 4 rings (SSSR count). The second kappa shape index (κ2) is 11.5. The Hall–Kier alpha value is -2.64. The molecule has 3 atom stereocenters. The van der Waals surface area contributed by atoms with E-state index in [9.17, 15) is 13.2 Å². The zero-order chi connectivity index (χ0) is 28.5. The van der Waals surface area contributed by atoms with E-state index in [4.69, 9.17) is 4.43 Å². The van der Waals surface area contributed by atoms with E-state index in [0.29, 0.717) is 24.7 Å². The third-order valence-electron chi connectivity index (χ3n) is 8.54. The van der Waals surface area contributed by atoms with Gasteiger partial charge in [0.2, 0.25) is 0 Å². The van der Waals surface area contributed by atoms with Gasteiger partial charge in [-0.2, -0.15) is 0 Å². The molecule has 3 nitrogen and oxygen atoms in total. The average molecular weight is 555 g/mol. The maximum atomic E-state index is 14.6. The number of benzene rings is 2. The molecular weight excluding hydrogens is 513 g/mol. The number of anilines is 1. The van der Waals surface area contributed by atoms with Crippen LogP contribution in [0.4, 0.5) is 18.9 Å². The predicted molar refractivity (Wildman–Crippen MR) is 156 cm³/mol. The molecule has 1 aliphatic heterocycles. The van der Waals surface area contributed by atoms with Crippen molar-refractivity contribution < 1.29 is 17.6 Å². The van der Waals surface area contributed by atoms with Crippen molar-refractivity contribution in [1.82, 2.24) is 4.98 Å². The van der Waals surface area contributed by atoms with Gasteiger partial charge in [0.05, 0.1) is 11.7 Å². The summed E-state index contributed by atoms with van der Waals surface area (Å²) in [6.45, 7) is 17.8. The standard InChI is InChI=1S/C32H41F3N2OSi/c1-21-19-37(20-22(2)31(21)38-39(6,7)32(3,4)5)29-15-16-36-18-24(29)13-11-23-12-14-26(33)25(17-23)30-27(34)9-8-10-28(30)35/h8-10,12,14-18,21-22,31H,11,13,19-20H2,1-7H3/t21-,22+,31?. The highest BCUT2D eigenvalue weighted by molar-refractivity contribution is 6.74. The molecule has 0 radical (unpaired) electrons. The Balaban J connectivity index is 1.51. The number of pyridine rings is 1. The molecule has 7 heteroatoms. The number of rotatable bonds is 7. The van der Waals surface area contributed by atoms with Crippen molar-refractivity contribution in [2.24, 2.45) is 11.8 Å². The van der Waals surface area contributed by atoms with Gasteiger partial charge in [0.15, 0.2) is 8.32 Å². The van der Waals surface area contributed by atoms with Gasteiger partial charge in [0.25, 0.3) is 0 Å². The van der Waals surface area contributed by atoms with E-state index < -0.39 is 25.8 Å². The number of aromatic nitrogens is 1. The fraction of sp³-hybridized carbons (Fsp3) is 0.469. The number of nitrogens with zero attached hydrogens (tertiary/aromatic N) is 2. The highest BCUT2D eigenvalue weighted by atomic mass is 28.4. The number of hydrogen-bond donors (Lipinski definition) is 0. The highest BCUT2D eigenvalue weighted by Crippen LogP contribution is 2.41. The van der Waals surface area contributed by atoms with Crippen molar-refractivity contribution >= 4 is 14.0 Å². The first-order valence-electron chi connectivity index (χ1n) is 13.9. The Morgan fingerprint density at radius 3 is 2.18 bits per heavy atom.